The molecule has 2 N–H and O–H groups in total. The summed E-state index contributed by atoms with van der Waals surface area (Å²) in [6.45, 7) is 0.243. The first-order valence-corrected chi connectivity index (χ1v) is 4.96. The van der Waals surface area contributed by atoms with E-state index in [0.29, 0.717) is 0 Å². The predicted octanol–water partition coefficient (Wildman–Crippen LogP) is 0.872. The number of carboxylic acids is 1. The molecule has 16 heavy (non-hydrogen) atoms. The molecule has 0 aliphatic heterocycles. The van der Waals surface area contributed by atoms with Gasteiger partial charge in [-0.15, -0.1) is 0 Å². The molecule has 1 atom stereocenters. The van der Waals surface area contributed by atoms with Gasteiger partial charge in [0.05, 0.1) is 36.4 Å². The van der Waals surface area contributed by atoms with Gasteiger partial charge in [-0.25, -0.2) is 4.98 Å². The normalized spacial score (nSPS) is 12.8. The number of carboxylic acid groups (broad SMARTS) is 1. The second-order valence-electron chi connectivity index (χ2n) is 3.64. The number of imidazole rings is 1. The van der Waals surface area contributed by atoms with Crippen LogP contribution in [0.1, 0.15) is 6.42 Å². The Labute approximate surface area is 92.0 Å². The Kier molecular flexibility index (Phi) is 2.87. The molecule has 2 rings (SSSR count). The summed E-state index contributed by atoms with van der Waals surface area (Å²) >= 11 is 0. The van der Waals surface area contributed by atoms with Crippen LogP contribution in [0.3, 0.4) is 0 Å². The quantitative estimate of drug-likeness (QED) is 0.801. The Morgan fingerprint density at radius 2 is 2.19 bits per heavy atom. The van der Waals surface area contributed by atoms with Gasteiger partial charge < -0.3 is 14.8 Å². The number of fused-ring (bicyclic) bond motifs is 1. The number of aliphatic hydroxyl groups excluding tert-OH is 1. The number of benzene rings is 1. The number of hydrogen-bond acceptors (Lipinski definition) is 3. The summed E-state index contributed by atoms with van der Waals surface area (Å²) in [5.74, 6) is -1.00. The third-order valence-corrected chi connectivity index (χ3v) is 2.35. The summed E-state index contributed by atoms with van der Waals surface area (Å²) in [5.41, 5.74) is 1.73. The number of aliphatic carboxylic acids is 1. The molecule has 0 aliphatic rings. The zero-order valence-corrected chi connectivity index (χ0v) is 8.58. The van der Waals surface area contributed by atoms with Crippen LogP contribution in [-0.2, 0) is 11.3 Å². The van der Waals surface area contributed by atoms with E-state index >= 15 is 0 Å². The van der Waals surface area contributed by atoms with Gasteiger partial charge in [0.15, 0.2) is 0 Å². The lowest BCUT2D eigenvalue weighted by Gasteiger charge is -2.09. The molecular formula is C11H12N2O3. The molecule has 0 bridgehead atoms. The Bertz CT molecular complexity index is 507. The van der Waals surface area contributed by atoms with Crippen molar-refractivity contribution in [2.45, 2.75) is 19.1 Å². The molecule has 5 heteroatoms. The van der Waals surface area contributed by atoms with Crippen LogP contribution in [0.15, 0.2) is 30.6 Å². The van der Waals surface area contributed by atoms with Crippen molar-refractivity contribution in [3.05, 3.63) is 30.6 Å². The average Bonchev–Trinajstić information content (AvgIpc) is 2.61. The number of carbonyl (C=O) groups is 1. The Morgan fingerprint density at radius 1 is 1.44 bits per heavy atom. The van der Waals surface area contributed by atoms with Gasteiger partial charge >= 0.3 is 5.97 Å². The van der Waals surface area contributed by atoms with Crippen molar-refractivity contribution in [3.63, 3.8) is 0 Å². The van der Waals surface area contributed by atoms with Crippen molar-refractivity contribution >= 4 is 17.0 Å². The number of aromatic nitrogens is 2. The Balaban J connectivity index is 2.18. The van der Waals surface area contributed by atoms with Crippen molar-refractivity contribution in [3.8, 4) is 0 Å². The Morgan fingerprint density at radius 3 is 2.94 bits per heavy atom. The first kappa shape index (κ1) is 10.6. The monoisotopic (exact) mass is 220 g/mol. The lowest BCUT2D eigenvalue weighted by Crippen LogP contribution is -2.19. The highest BCUT2D eigenvalue weighted by Gasteiger charge is 2.11. The van der Waals surface area contributed by atoms with Gasteiger partial charge in [-0.3, -0.25) is 4.79 Å². The van der Waals surface area contributed by atoms with Crippen LogP contribution in [0.2, 0.25) is 0 Å². The van der Waals surface area contributed by atoms with Gasteiger partial charge in [0, 0.05) is 0 Å². The zero-order valence-electron chi connectivity index (χ0n) is 8.58. The molecule has 1 aromatic heterocycles. The topological polar surface area (TPSA) is 75.3 Å². The van der Waals surface area contributed by atoms with E-state index < -0.39 is 12.1 Å². The van der Waals surface area contributed by atoms with Crippen molar-refractivity contribution in [1.82, 2.24) is 9.55 Å². The van der Waals surface area contributed by atoms with Gasteiger partial charge in [-0.1, -0.05) is 12.1 Å². The smallest absolute Gasteiger partial charge is 0.306 e. The highest BCUT2D eigenvalue weighted by Crippen LogP contribution is 2.12. The van der Waals surface area contributed by atoms with Gasteiger partial charge in [0.25, 0.3) is 0 Å². The molecule has 0 fully saturated rings. The van der Waals surface area contributed by atoms with Crippen LogP contribution < -0.4 is 0 Å². The molecule has 0 amide bonds. The minimum atomic E-state index is -1.00. The van der Waals surface area contributed by atoms with Crippen LogP contribution in [0, 0.1) is 0 Å². The van der Waals surface area contributed by atoms with Crippen molar-refractivity contribution < 1.29 is 15.0 Å². The fourth-order valence-electron chi connectivity index (χ4n) is 1.65. The van der Waals surface area contributed by atoms with Crippen LogP contribution >= 0.6 is 0 Å². The summed E-state index contributed by atoms with van der Waals surface area (Å²) in [6, 6.07) is 7.52. The summed E-state index contributed by atoms with van der Waals surface area (Å²) < 4.78 is 1.75. The second-order valence-corrected chi connectivity index (χ2v) is 3.64. The van der Waals surface area contributed by atoms with Gasteiger partial charge in [0.1, 0.15) is 0 Å². The third-order valence-electron chi connectivity index (χ3n) is 2.35. The fourth-order valence-corrected chi connectivity index (χ4v) is 1.65. The second kappa shape index (κ2) is 4.32. The molecule has 0 saturated heterocycles. The number of aliphatic hydroxyl groups is 1. The van der Waals surface area contributed by atoms with E-state index in [1.807, 2.05) is 24.3 Å². The predicted molar refractivity (Wildman–Crippen MR) is 58.0 cm³/mol. The van der Waals surface area contributed by atoms with E-state index in [2.05, 4.69) is 4.98 Å². The van der Waals surface area contributed by atoms with Crippen molar-refractivity contribution in [2.75, 3.05) is 0 Å². The molecular weight excluding hydrogens is 208 g/mol. The molecule has 0 spiro atoms. The van der Waals surface area contributed by atoms with E-state index in [9.17, 15) is 9.90 Å². The molecule has 1 unspecified atom stereocenters. The van der Waals surface area contributed by atoms with E-state index in [1.54, 1.807) is 10.9 Å². The highest BCUT2D eigenvalue weighted by molar-refractivity contribution is 5.75. The third kappa shape index (κ3) is 2.20. The fraction of sp³-hybridized carbons (Fsp3) is 0.273. The van der Waals surface area contributed by atoms with Gasteiger partial charge in [-0.05, 0) is 12.1 Å². The summed E-state index contributed by atoms with van der Waals surface area (Å²) in [5, 5.41) is 18.1. The van der Waals surface area contributed by atoms with Crippen molar-refractivity contribution in [2.24, 2.45) is 0 Å². The molecule has 0 saturated carbocycles. The average molecular weight is 220 g/mol. The minimum absolute atomic E-state index is 0.243. The summed E-state index contributed by atoms with van der Waals surface area (Å²) in [4.78, 5) is 14.6. The largest absolute Gasteiger partial charge is 0.481 e. The molecule has 1 aromatic carbocycles. The van der Waals surface area contributed by atoms with Crippen molar-refractivity contribution in [1.29, 1.82) is 0 Å². The molecule has 1 heterocycles. The zero-order chi connectivity index (χ0) is 11.5. The molecule has 0 radical (unpaired) electrons. The molecule has 0 aliphatic carbocycles. The lowest BCUT2D eigenvalue weighted by molar-refractivity contribution is -0.139. The maximum absolute atomic E-state index is 10.4. The summed E-state index contributed by atoms with van der Waals surface area (Å²) in [6.07, 6.45) is 0.456. The molecule has 84 valence electrons. The maximum Gasteiger partial charge on any atom is 0.306 e. The van der Waals surface area contributed by atoms with E-state index in [0.717, 1.165) is 11.0 Å². The van der Waals surface area contributed by atoms with Crippen LogP contribution in [-0.4, -0.2) is 31.8 Å². The van der Waals surface area contributed by atoms with E-state index in [-0.39, 0.29) is 13.0 Å². The number of para-hydroxylation sites is 2. The maximum atomic E-state index is 10.4. The Hall–Kier alpha value is -1.88. The number of nitrogens with zero attached hydrogens (tertiary/aromatic N) is 2. The number of hydrogen-bond donors (Lipinski definition) is 2. The first-order chi connectivity index (χ1) is 7.66. The van der Waals surface area contributed by atoms with E-state index in [1.165, 1.54) is 0 Å². The van der Waals surface area contributed by atoms with Gasteiger partial charge in [0.2, 0.25) is 0 Å². The van der Waals surface area contributed by atoms with E-state index in [4.69, 9.17) is 5.11 Å². The van der Waals surface area contributed by atoms with Crippen LogP contribution in [0.5, 0.6) is 0 Å². The standard InChI is InChI=1S/C11H12N2O3/c14-8(5-11(15)16)6-13-7-12-9-3-1-2-4-10(9)13/h1-4,7-8,14H,5-6H2,(H,15,16). The van der Waals surface area contributed by atoms with Crippen LogP contribution in [0.4, 0.5) is 0 Å². The SMILES string of the molecule is O=C(O)CC(O)Cn1cnc2ccccc21. The lowest BCUT2D eigenvalue weighted by atomic mass is 10.2. The minimum Gasteiger partial charge on any atom is -0.481 e. The molecule has 5 nitrogen and oxygen atoms in total. The first-order valence-electron chi connectivity index (χ1n) is 4.96. The highest BCUT2D eigenvalue weighted by atomic mass is 16.4. The number of rotatable bonds is 4. The van der Waals surface area contributed by atoms with Gasteiger partial charge in [-0.2, -0.15) is 0 Å². The van der Waals surface area contributed by atoms with Crippen LogP contribution in [0.25, 0.3) is 11.0 Å². The molecule has 2 aromatic rings. The summed E-state index contributed by atoms with van der Waals surface area (Å²) in [7, 11) is 0.